The number of rotatable bonds is 45. The molecule has 1 aliphatic rings. The Kier molecular flexibility index (Phi) is 39.4. The number of esters is 1. The van der Waals surface area contributed by atoms with Gasteiger partial charge in [0, 0.05) is 13.0 Å². The number of hydrogen-bond donors (Lipinski definition) is 6. The molecule has 374 valence electrons. The third-order valence-corrected chi connectivity index (χ3v) is 13.4. The Labute approximate surface area is 384 Å². The van der Waals surface area contributed by atoms with Crippen molar-refractivity contribution in [3.8, 4) is 0 Å². The molecular formula is C50H97O12P. The van der Waals surface area contributed by atoms with Crippen LogP contribution in [0.5, 0.6) is 0 Å². The maximum Gasteiger partial charge on any atom is 0.472 e. The zero-order valence-electron chi connectivity index (χ0n) is 40.1. The van der Waals surface area contributed by atoms with E-state index in [1.165, 1.54) is 154 Å². The highest BCUT2D eigenvalue weighted by molar-refractivity contribution is 7.47. The molecule has 63 heavy (non-hydrogen) atoms. The first-order valence-electron chi connectivity index (χ1n) is 26.0. The lowest BCUT2D eigenvalue weighted by Crippen LogP contribution is -2.64. The fourth-order valence-corrected chi connectivity index (χ4v) is 9.21. The van der Waals surface area contributed by atoms with Gasteiger partial charge in [0.2, 0.25) is 0 Å². The molecule has 6 atom stereocenters. The second kappa shape index (κ2) is 41.3. The molecular weight excluding hydrogens is 824 g/mol. The van der Waals surface area contributed by atoms with Gasteiger partial charge in [-0.25, -0.2) is 4.57 Å². The number of ether oxygens (including phenoxy) is 2. The Morgan fingerprint density at radius 3 is 1.29 bits per heavy atom. The summed E-state index contributed by atoms with van der Waals surface area (Å²) in [6, 6.07) is 0. The van der Waals surface area contributed by atoms with Crippen molar-refractivity contribution in [2.75, 3.05) is 19.8 Å². The molecule has 13 heteroatoms. The van der Waals surface area contributed by atoms with E-state index < -0.39 is 63.1 Å². The maximum atomic E-state index is 12.8. The SMILES string of the molecule is CCCCC/C=C\CCCCCCCC(=O)OC(COCCCCCCCCCCCCCCCCCCCCCCCCCC)COP(=O)(O)OC1C(O)C(O)C(O)C(O)C1O. The number of allylic oxidation sites excluding steroid dienone is 2. The first-order chi connectivity index (χ1) is 30.5. The number of carbonyl (C=O) groups excluding carboxylic acids is 1. The minimum absolute atomic E-state index is 0.0740. The highest BCUT2D eigenvalue weighted by Gasteiger charge is 2.51. The molecule has 1 aliphatic carbocycles. The van der Waals surface area contributed by atoms with Gasteiger partial charge in [-0.05, 0) is 38.5 Å². The summed E-state index contributed by atoms with van der Waals surface area (Å²) in [5.74, 6) is -0.482. The minimum atomic E-state index is -5.02. The number of aliphatic hydroxyl groups excluding tert-OH is 5. The van der Waals surface area contributed by atoms with Gasteiger partial charge in [0.25, 0.3) is 0 Å². The van der Waals surface area contributed by atoms with Crippen LogP contribution in [0.15, 0.2) is 12.2 Å². The van der Waals surface area contributed by atoms with Crippen molar-refractivity contribution in [1.82, 2.24) is 0 Å². The smallest absolute Gasteiger partial charge is 0.457 e. The van der Waals surface area contributed by atoms with E-state index >= 15 is 0 Å². The molecule has 0 radical (unpaired) electrons. The van der Waals surface area contributed by atoms with E-state index in [1.807, 2.05) is 0 Å². The van der Waals surface area contributed by atoms with Crippen molar-refractivity contribution in [3.63, 3.8) is 0 Å². The van der Waals surface area contributed by atoms with Crippen molar-refractivity contribution in [2.24, 2.45) is 0 Å². The van der Waals surface area contributed by atoms with E-state index in [-0.39, 0.29) is 13.0 Å². The first kappa shape index (κ1) is 60.1. The second-order valence-electron chi connectivity index (χ2n) is 18.4. The molecule has 6 N–H and O–H groups in total. The lowest BCUT2D eigenvalue weighted by molar-refractivity contribution is -0.220. The zero-order valence-corrected chi connectivity index (χ0v) is 41.0. The maximum absolute atomic E-state index is 12.8. The van der Waals surface area contributed by atoms with E-state index in [2.05, 4.69) is 26.0 Å². The summed E-state index contributed by atoms with van der Waals surface area (Å²) in [5, 5.41) is 50.2. The van der Waals surface area contributed by atoms with E-state index in [0.717, 1.165) is 57.8 Å². The summed E-state index contributed by atoms with van der Waals surface area (Å²) in [5.41, 5.74) is 0. The monoisotopic (exact) mass is 921 g/mol. The molecule has 6 unspecified atom stereocenters. The molecule has 0 aromatic rings. The summed E-state index contributed by atoms with van der Waals surface area (Å²) < 4.78 is 34.2. The van der Waals surface area contributed by atoms with E-state index in [0.29, 0.717) is 13.0 Å². The number of unbranched alkanes of at least 4 members (excludes halogenated alkanes) is 31. The third kappa shape index (κ3) is 33.2. The molecule has 0 aliphatic heterocycles. The summed E-state index contributed by atoms with van der Waals surface area (Å²) in [7, 11) is -5.02. The summed E-state index contributed by atoms with van der Waals surface area (Å²) in [6.07, 6.45) is 34.4. The molecule has 1 saturated carbocycles. The highest BCUT2D eigenvalue weighted by Crippen LogP contribution is 2.47. The Bertz CT molecular complexity index is 1100. The lowest BCUT2D eigenvalue weighted by atomic mass is 9.85. The second-order valence-corrected chi connectivity index (χ2v) is 19.8. The van der Waals surface area contributed by atoms with Gasteiger partial charge < -0.3 is 39.9 Å². The number of phosphoric ester groups is 1. The zero-order chi connectivity index (χ0) is 46.2. The predicted octanol–water partition coefficient (Wildman–Crippen LogP) is 11.5. The molecule has 0 spiro atoms. The molecule has 0 amide bonds. The molecule has 1 fully saturated rings. The van der Waals surface area contributed by atoms with E-state index in [9.17, 15) is 39.8 Å². The van der Waals surface area contributed by atoms with Gasteiger partial charge in [0.05, 0.1) is 13.2 Å². The van der Waals surface area contributed by atoms with Crippen LogP contribution in [0.2, 0.25) is 0 Å². The van der Waals surface area contributed by atoms with Crippen molar-refractivity contribution in [1.29, 1.82) is 0 Å². The van der Waals surface area contributed by atoms with Crippen LogP contribution in [0.3, 0.4) is 0 Å². The van der Waals surface area contributed by atoms with Gasteiger partial charge >= 0.3 is 13.8 Å². The normalized spacial score (nSPS) is 21.8. The predicted molar refractivity (Wildman–Crippen MR) is 253 cm³/mol. The average molecular weight is 921 g/mol. The number of carbonyl (C=O) groups is 1. The van der Waals surface area contributed by atoms with Crippen LogP contribution in [0.1, 0.15) is 239 Å². The number of hydrogen-bond acceptors (Lipinski definition) is 11. The van der Waals surface area contributed by atoms with Gasteiger partial charge in [0.15, 0.2) is 0 Å². The summed E-state index contributed by atoms with van der Waals surface area (Å²) in [6.45, 7) is 4.26. The Morgan fingerprint density at radius 2 is 0.841 bits per heavy atom. The third-order valence-electron chi connectivity index (χ3n) is 12.4. The summed E-state index contributed by atoms with van der Waals surface area (Å²) >= 11 is 0. The quantitative estimate of drug-likeness (QED) is 0.0147. The van der Waals surface area contributed by atoms with Crippen LogP contribution in [0.25, 0.3) is 0 Å². The van der Waals surface area contributed by atoms with Crippen LogP contribution in [0.4, 0.5) is 0 Å². The minimum Gasteiger partial charge on any atom is -0.457 e. The average Bonchev–Trinajstić information content (AvgIpc) is 3.27. The van der Waals surface area contributed by atoms with Crippen LogP contribution in [-0.4, -0.2) is 98.9 Å². The Morgan fingerprint density at radius 1 is 0.492 bits per heavy atom. The van der Waals surface area contributed by atoms with Crippen molar-refractivity contribution in [3.05, 3.63) is 12.2 Å². The fourth-order valence-electron chi connectivity index (χ4n) is 8.23. The van der Waals surface area contributed by atoms with Crippen molar-refractivity contribution >= 4 is 13.8 Å². The molecule has 12 nitrogen and oxygen atoms in total. The summed E-state index contributed by atoms with van der Waals surface area (Å²) in [4.78, 5) is 23.2. The molecule has 0 aromatic heterocycles. The van der Waals surface area contributed by atoms with E-state index in [4.69, 9.17) is 18.5 Å². The van der Waals surface area contributed by atoms with Gasteiger partial charge in [-0.3, -0.25) is 13.8 Å². The molecule has 0 heterocycles. The Hall–Kier alpha value is -0.920. The molecule has 0 aromatic carbocycles. The van der Waals surface area contributed by atoms with Crippen LogP contribution >= 0.6 is 7.82 Å². The van der Waals surface area contributed by atoms with Crippen molar-refractivity contribution in [2.45, 2.75) is 281 Å². The largest absolute Gasteiger partial charge is 0.472 e. The fraction of sp³-hybridized carbons (Fsp3) is 0.940. The van der Waals surface area contributed by atoms with Gasteiger partial charge in [-0.2, -0.15) is 0 Å². The first-order valence-corrected chi connectivity index (χ1v) is 27.5. The van der Waals surface area contributed by atoms with Crippen LogP contribution < -0.4 is 0 Å². The van der Waals surface area contributed by atoms with Crippen LogP contribution in [-0.2, 0) is 27.9 Å². The van der Waals surface area contributed by atoms with Crippen molar-refractivity contribution < 1.29 is 58.3 Å². The number of aliphatic hydroxyl groups is 5. The lowest BCUT2D eigenvalue weighted by Gasteiger charge is -2.41. The standard InChI is InChI=1S/C50H97O12P/c1-3-5-7-9-11-13-15-17-18-19-20-21-22-23-24-25-26-27-28-30-32-34-36-38-40-59-41-43(61-44(51)39-37-35-33-31-29-16-14-12-10-8-6-4-2)42-60-63(57,58)62-50-48(55)46(53)45(52)47(54)49(50)56/h12,14,43,45-50,52-56H,3-11,13,15-42H2,1-2H3,(H,57,58)/b14-12-. The van der Waals surface area contributed by atoms with Crippen LogP contribution in [0, 0.1) is 0 Å². The topological polar surface area (TPSA) is 192 Å². The van der Waals surface area contributed by atoms with Gasteiger partial charge in [-0.1, -0.05) is 206 Å². The molecule has 1 rings (SSSR count). The van der Waals surface area contributed by atoms with Gasteiger partial charge in [0.1, 0.15) is 42.7 Å². The highest BCUT2D eigenvalue weighted by atomic mass is 31.2. The number of phosphoric acid groups is 1. The van der Waals surface area contributed by atoms with E-state index in [1.54, 1.807) is 0 Å². The molecule has 0 bridgehead atoms. The molecule has 0 saturated heterocycles. The van der Waals surface area contributed by atoms with Gasteiger partial charge in [-0.15, -0.1) is 0 Å². The Balaban J connectivity index is 2.26.